The van der Waals surface area contributed by atoms with E-state index in [4.69, 9.17) is 0 Å². The minimum Gasteiger partial charge on any atom is -0.139 e. The fourth-order valence-corrected chi connectivity index (χ4v) is 10.9. The number of rotatable bonds is 1. The third-order valence-electron chi connectivity index (χ3n) is 9.18. The van der Waals surface area contributed by atoms with E-state index in [0.29, 0.717) is 5.41 Å². The lowest BCUT2D eigenvalue weighted by atomic mass is 9.61. The molecule has 0 aliphatic heterocycles. The van der Waals surface area contributed by atoms with E-state index in [2.05, 4.69) is 77.3 Å². The molecule has 0 bridgehead atoms. The van der Waals surface area contributed by atoms with Crippen molar-refractivity contribution in [2.24, 2.45) is 5.92 Å². The van der Waals surface area contributed by atoms with Crippen LogP contribution in [-0.2, 0) is 10.8 Å². The van der Waals surface area contributed by atoms with Crippen LogP contribution in [0.4, 0.5) is 0 Å². The molecule has 7 rings (SSSR count). The quantitative estimate of drug-likeness (QED) is 0.267. The number of fused-ring (bicyclic) bond motifs is 8. The average molecular weight is 457 g/mol. The summed E-state index contributed by atoms with van der Waals surface area (Å²) in [4.78, 5) is 3.49. The molecule has 2 saturated carbocycles. The Morgan fingerprint density at radius 3 is 2.25 bits per heavy atom. The van der Waals surface area contributed by atoms with Gasteiger partial charge in [-0.1, -0.05) is 81.3 Å². The molecule has 0 amide bonds. The van der Waals surface area contributed by atoms with E-state index >= 15 is 0 Å². The zero-order valence-corrected chi connectivity index (χ0v) is 20.5. The minimum absolute atomic E-state index is 0.222. The smallest absolute Gasteiger partial charge is 0.0351 e. The van der Waals surface area contributed by atoms with Gasteiger partial charge in [0.2, 0.25) is 0 Å². The van der Waals surface area contributed by atoms with Crippen LogP contribution in [0.3, 0.4) is 0 Å². The molecule has 4 aromatic rings. The first-order valence-electron chi connectivity index (χ1n) is 12.8. The van der Waals surface area contributed by atoms with E-state index in [1.165, 1.54) is 85.4 Å². The zero-order valence-electron chi connectivity index (χ0n) is 18.9. The Balaban J connectivity index is 1.58. The Labute approximate surface area is 199 Å². The second kappa shape index (κ2) is 7.43. The van der Waals surface area contributed by atoms with Crippen LogP contribution in [0, 0.1) is 5.92 Å². The largest absolute Gasteiger partial charge is 0.139 e. The van der Waals surface area contributed by atoms with Crippen LogP contribution in [0.15, 0.2) is 54.6 Å². The molecular formula is C30H32S2. The first-order valence-corrected chi connectivity index (χ1v) is 14.5. The van der Waals surface area contributed by atoms with Crippen molar-refractivity contribution in [2.75, 3.05) is 0 Å². The average Bonchev–Trinajstić information content (AvgIpc) is 3.33. The molecule has 1 spiro atoms. The van der Waals surface area contributed by atoms with Crippen LogP contribution in [0.25, 0.3) is 20.2 Å². The topological polar surface area (TPSA) is 0 Å². The molecule has 32 heavy (non-hydrogen) atoms. The molecule has 0 N–H and O–H groups in total. The Bertz CT molecular complexity index is 1250. The van der Waals surface area contributed by atoms with Crippen molar-refractivity contribution < 1.29 is 0 Å². The van der Waals surface area contributed by atoms with Gasteiger partial charge in [0.25, 0.3) is 0 Å². The monoisotopic (exact) mass is 456 g/mol. The first-order chi connectivity index (χ1) is 15.8. The van der Waals surface area contributed by atoms with Crippen LogP contribution >= 0.6 is 22.7 Å². The van der Waals surface area contributed by atoms with E-state index < -0.39 is 0 Å². The van der Waals surface area contributed by atoms with Crippen LogP contribution in [-0.4, -0.2) is 0 Å². The van der Waals surface area contributed by atoms with Crippen molar-refractivity contribution in [1.82, 2.24) is 0 Å². The molecule has 164 valence electrons. The normalized spacial score (nSPS) is 27.3. The number of hydrogen-bond acceptors (Lipinski definition) is 2. The van der Waals surface area contributed by atoms with E-state index in [1.54, 1.807) is 15.8 Å². The second-order valence-electron chi connectivity index (χ2n) is 10.6. The van der Waals surface area contributed by atoms with E-state index in [1.807, 2.05) is 4.88 Å². The van der Waals surface area contributed by atoms with Crippen LogP contribution in [0.5, 0.6) is 0 Å². The third kappa shape index (κ3) is 2.60. The van der Waals surface area contributed by atoms with Gasteiger partial charge in [-0.15, -0.1) is 22.7 Å². The molecule has 2 atom stereocenters. The van der Waals surface area contributed by atoms with Crippen LogP contribution < -0.4 is 0 Å². The molecule has 0 unspecified atom stereocenters. The summed E-state index contributed by atoms with van der Waals surface area (Å²) in [5.41, 5.74) is 2.41. The number of thiophene rings is 2. The highest BCUT2D eigenvalue weighted by Gasteiger charge is 2.62. The maximum Gasteiger partial charge on any atom is 0.0351 e. The molecule has 2 heterocycles. The van der Waals surface area contributed by atoms with Gasteiger partial charge in [0.1, 0.15) is 0 Å². The molecular weight excluding hydrogens is 424 g/mol. The summed E-state index contributed by atoms with van der Waals surface area (Å²) < 4.78 is 3.01. The standard InChI is InChI=1S/C30H32S2/c1-2-10-18-29(17-9-1)25-16-4-3-11-19-30(25,26-20-21-12-5-7-14-23(21)31-26)27-22-13-6-8-15-24(22)32-28(27)29/h5-8,12-15,20,25H,1-4,9-11,16-19H2/t25-,30-/m1/s1. The van der Waals surface area contributed by atoms with E-state index in [-0.39, 0.29) is 5.41 Å². The summed E-state index contributed by atoms with van der Waals surface area (Å²) in [6.07, 6.45) is 15.5. The molecule has 0 nitrogen and oxygen atoms in total. The highest BCUT2D eigenvalue weighted by molar-refractivity contribution is 7.20. The van der Waals surface area contributed by atoms with Gasteiger partial charge in [-0.2, -0.15) is 0 Å². The van der Waals surface area contributed by atoms with Crippen molar-refractivity contribution in [2.45, 2.75) is 81.5 Å². The van der Waals surface area contributed by atoms with Crippen molar-refractivity contribution in [1.29, 1.82) is 0 Å². The van der Waals surface area contributed by atoms with Crippen molar-refractivity contribution >= 4 is 42.8 Å². The molecule has 3 aliphatic carbocycles. The molecule has 0 saturated heterocycles. The first kappa shape index (κ1) is 19.8. The predicted octanol–water partition coefficient (Wildman–Crippen LogP) is 9.59. The summed E-state index contributed by atoms with van der Waals surface area (Å²) in [6, 6.07) is 21.1. The van der Waals surface area contributed by atoms with Gasteiger partial charge in [-0.25, -0.2) is 0 Å². The minimum atomic E-state index is 0.222. The highest BCUT2D eigenvalue weighted by atomic mass is 32.1. The second-order valence-corrected chi connectivity index (χ2v) is 12.8. The van der Waals surface area contributed by atoms with E-state index in [9.17, 15) is 0 Å². The molecule has 2 aromatic heterocycles. The molecule has 3 aliphatic rings. The fourth-order valence-electron chi connectivity index (χ4n) is 7.95. The summed E-state index contributed by atoms with van der Waals surface area (Å²) in [6.45, 7) is 0. The van der Waals surface area contributed by atoms with Crippen molar-refractivity contribution in [3.8, 4) is 0 Å². The third-order valence-corrected chi connectivity index (χ3v) is 11.9. The molecule has 0 radical (unpaired) electrons. The van der Waals surface area contributed by atoms with Gasteiger partial charge in [-0.05, 0) is 66.1 Å². The molecule has 2 fully saturated rings. The maximum absolute atomic E-state index is 2.60. The Morgan fingerprint density at radius 2 is 1.41 bits per heavy atom. The van der Waals surface area contributed by atoms with E-state index in [0.717, 1.165) is 5.92 Å². The van der Waals surface area contributed by atoms with Gasteiger partial charge in [0.05, 0.1) is 0 Å². The van der Waals surface area contributed by atoms with Gasteiger partial charge < -0.3 is 0 Å². The molecule has 2 heteroatoms. The predicted molar refractivity (Wildman–Crippen MR) is 140 cm³/mol. The van der Waals surface area contributed by atoms with Gasteiger partial charge in [0.15, 0.2) is 0 Å². The Hall–Kier alpha value is -1.64. The van der Waals surface area contributed by atoms with Crippen LogP contribution in [0.1, 0.15) is 85.9 Å². The maximum atomic E-state index is 2.60. The Morgan fingerprint density at radius 1 is 0.688 bits per heavy atom. The van der Waals surface area contributed by atoms with Crippen molar-refractivity contribution in [3.05, 3.63) is 69.9 Å². The lowest BCUT2D eigenvalue weighted by Crippen LogP contribution is -2.41. The zero-order chi connectivity index (χ0) is 21.2. The lowest BCUT2D eigenvalue weighted by molar-refractivity contribution is 0.179. The Kier molecular flexibility index (Phi) is 4.60. The van der Waals surface area contributed by atoms with Gasteiger partial charge in [0, 0.05) is 30.0 Å². The summed E-state index contributed by atoms with van der Waals surface area (Å²) in [5, 5.41) is 3.03. The number of benzene rings is 2. The lowest BCUT2D eigenvalue weighted by Gasteiger charge is -2.43. The van der Waals surface area contributed by atoms with Crippen LogP contribution in [0.2, 0.25) is 0 Å². The van der Waals surface area contributed by atoms with Gasteiger partial charge >= 0.3 is 0 Å². The highest BCUT2D eigenvalue weighted by Crippen LogP contribution is 2.69. The fraction of sp³-hybridized carbons (Fsp3) is 0.467. The van der Waals surface area contributed by atoms with Gasteiger partial charge in [-0.3, -0.25) is 0 Å². The summed E-state index contributed by atoms with van der Waals surface area (Å²) >= 11 is 4.29. The SMILES string of the molecule is c1ccc2sc([C@@]34CCCCC[C@@H]3C3(CCCCCC3)c3sc5ccccc5c34)cc2c1. The summed E-state index contributed by atoms with van der Waals surface area (Å²) in [5.74, 6) is 0.787. The van der Waals surface area contributed by atoms with Crippen molar-refractivity contribution in [3.63, 3.8) is 0 Å². The molecule has 2 aromatic carbocycles. The summed E-state index contributed by atoms with van der Waals surface area (Å²) in [7, 11) is 0. The number of hydrogen-bond donors (Lipinski definition) is 0.